The Hall–Kier alpha value is -2.21. The molecule has 1 aliphatic rings. The van der Waals surface area contributed by atoms with Crippen LogP contribution in [-0.2, 0) is 24.3 Å². The largest absolute Gasteiger partial charge is 0.387 e. The second-order valence-electron chi connectivity index (χ2n) is 5.35. The standard InChI is InChI=1S/C15H18N4O2/c1-11(20)14-9-19(17-16-14)10-15(21)18-7-6-12-4-2-3-5-13(12)8-18/h2-5,9,11,20H,6-8,10H2,1H3. The van der Waals surface area contributed by atoms with Crippen molar-refractivity contribution >= 4 is 5.91 Å². The summed E-state index contributed by atoms with van der Waals surface area (Å²) < 4.78 is 1.48. The number of aliphatic hydroxyl groups is 1. The number of hydrogen-bond donors (Lipinski definition) is 1. The molecule has 0 bridgehead atoms. The Morgan fingerprint density at radius 2 is 2.14 bits per heavy atom. The van der Waals surface area contributed by atoms with Crippen molar-refractivity contribution in [3.05, 3.63) is 47.3 Å². The van der Waals surface area contributed by atoms with E-state index < -0.39 is 6.10 Å². The van der Waals surface area contributed by atoms with Crippen molar-refractivity contribution in [3.8, 4) is 0 Å². The highest BCUT2D eigenvalue weighted by Gasteiger charge is 2.21. The maximum atomic E-state index is 12.3. The summed E-state index contributed by atoms with van der Waals surface area (Å²) in [7, 11) is 0. The van der Waals surface area contributed by atoms with Crippen LogP contribution < -0.4 is 0 Å². The first kappa shape index (κ1) is 13.8. The molecule has 0 fully saturated rings. The molecule has 6 nitrogen and oxygen atoms in total. The van der Waals surface area contributed by atoms with Crippen molar-refractivity contribution < 1.29 is 9.90 Å². The van der Waals surface area contributed by atoms with Gasteiger partial charge in [0.2, 0.25) is 5.91 Å². The Bertz CT molecular complexity index is 651. The molecule has 0 saturated heterocycles. The van der Waals surface area contributed by atoms with Gasteiger partial charge in [-0.15, -0.1) is 5.10 Å². The average molecular weight is 286 g/mol. The third kappa shape index (κ3) is 2.95. The van der Waals surface area contributed by atoms with E-state index in [1.807, 2.05) is 17.0 Å². The SMILES string of the molecule is CC(O)c1cn(CC(=O)N2CCc3ccccc3C2)nn1. The second-order valence-corrected chi connectivity index (χ2v) is 5.35. The highest BCUT2D eigenvalue weighted by atomic mass is 16.3. The molecule has 0 aliphatic carbocycles. The van der Waals surface area contributed by atoms with E-state index in [1.54, 1.807) is 13.1 Å². The summed E-state index contributed by atoms with van der Waals surface area (Å²) in [4.78, 5) is 14.2. The maximum Gasteiger partial charge on any atom is 0.244 e. The molecule has 0 radical (unpaired) electrons. The lowest BCUT2D eigenvalue weighted by Crippen LogP contribution is -2.38. The third-order valence-corrected chi connectivity index (χ3v) is 3.77. The fourth-order valence-electron chi connectivity index (χ4n) is 2.53. The van der Waals surface area contributed by atoms with Crippen LogP contribution in [0, 0.1) is 0 Å². The lowest BCUT2D eigenvalue weighted by atomic mass is 10.00. The van der Waals surface area contributed by atoms with Crippen LogP contribution in [0.15, 0.2) is 30.5 Å². The average Bonchev–Trinajstić information content (AvgIpc) is 2.95. The van der Waals surface area contributed by atoms with Crippen LogP contribution in [0.2, 0.25) is 0 Å². The number of aliphatic hydroxyl groups excluding tert-OH is 1. The van der Waals surface area contributed by atoms with E-state index in [-0.39, 0.29) is 12.5 Å². The Kier molecular flexibility index (Phi) is 3.70. The van der Waals surface area contributed by atoms with Gasteiger partial charge in [-0.05, 0) is 24.5 Å². The zero-order valence-corrected chi connectivity index (χ0v) is 11.9. The number of amides is 1. The van der Waals surface area contributed by atoms with Crippen molar-refractivity contribution in [2.45, 2.75) is 32.5 Å². The Morgan fingerprint density at radius 1 is 1.38 bits per heavy atom. The van der Waals surface area contributed by atoms with Crippen LogP contribution in [-0.4, -0.2) is 37.5 Å². The number of benzene rings is 1. The molecule has 1 aromatic carbocycles. The zero-order valence-electron chi connectivity index (χ0n) is 11.9. The zero-order chi connectivity index (χ0) is 14.8. The summed E-state index contributed by atoms with van der Waals surface area (Å²) in [6.45, 7) is 3.15. The monoisotopic (exact) mass is 286 g/mol. The van der Waals surface area contributed by atoms with Crippen LogP contribution >= 0.6 is 0 Å². The normalized spacial score (nSPS) is 15.6. The highest BCUT2D eigenvalue weighted by Crippen LogP contribution is 2.18. The number of hydrogen-bond acceptors (Lipinski definition) is 4. The summed E-state index contributed by atoms with van der Waals surface area (Å²) >= 11 is 0. The van der Waals surface area contributed by atoms with Crippen molar-refractivity contribution in [1.29, 1.82) is 0 Å². The van der Waals surface area contributed by atoms with E-state index in [1.165, 1.54) is 15.8 Å². The van der Waals surface area contributed by atoms with E-state index in [9.17, 15) is 9.90 Å². The molecule has 3 rings (SSSR count). The molecular weight excluding hydrogens is 268 g/mol. The molecule has 6 heteroatoms. The van der Waals surface area contributed by atoms with Crippen molar-refractivity contribution in [2.24, 2.45) is 0 Å². The molecule has 110 valence electrons. The summed E-state index contributed by atoms with van der Waals surface area (Å²) in [5.74, 6) is 0.0199. The van der Waals surface area contributed by atoms with Crippen LogP contribution in [0.25, 0.3) is 0 Å². The molecule has 1 aromatic heterocycles. The number of nitrogens with zero attached hydrogens (tertiary/aromatic N) is 4. The molecule has 21 heavy (non-hydrogen) atoms. The minimum absolute atomic E-state index is 0.0199. The van der Waals surface area contributed by atoms with Gasteiger partial charge in [0, 0.05) is 13.1 Å². The van der Waals surface area contributed by atoms with Gasteiger partial charge in [0.25, 0.3) is 0 Å². The van der Waals surface area contributed by atoms with Gasteiger partial charge in [0.15, 0.2) is 0 Å². The number of aromatic nitrogens is 3. The minimum atomic E-state index is -0.671. The lowest BCUT2D eigenvalue weighted by Gasteiger charge is -2.28. The molecule has 1 amide bonds. The van der Waals surface area contributed by atoms with Gasteiger partial charge in [0.05, 0.1) is 12.3 Å². The van der Waals surface area contributed by atoms with Gasteiger partial charge < -0.3 is 10.0 Å². The van der Waals surface area contributed by atoms with Gasteiger partial charge in [-0.1, -0.05) is 29.5 Å². The Morgan fingerprint density at radius 3 is 2.86 bits per heavy atom. The lowest BCUT2D eigenvalue weighted by molar-refractivity contribution is -0.133. The van der Waals surface area contributed by atoms with E-state index in [2.05, 4.69) is 22.4 Å². The van der Waals surface area contributed by atoms with Crippen LogP contribution in [0.3, 0.4) is 0 Å². The molecule has 2 aromatic rings. The predicted octanol–water partition coefficient (Wildman–Crippen LogP) is 0.916. The first-order chi connectivity index (χ1) is 10.1. The Labute approximate surface area is 123 Å². The van der Waals surface area contributed by atoms with Crippen molar-refractivity contribution in [1.82, 2.24) is 19.9 Å². The molecule has 1 aliphatic heterocycles. The summed E-state index contributed by atoms with van der Waals surface area (Å²) in [6, 6.07) is 8.21. The molecule has 2 heterocycles. The van der Waals surface area contributed by atoms with Crippen LogP contribution in [0.1, 0.15) is 29.8 Å². The first-order valence-corrected chi connectivity index (χ1v) is 7.06. The third-order valence-electron chi connectivity index (χ3n) is 3.77. The smallest absolute Gasteiger partial charge is 0.244 e. The van der Waals surface area contributed by atoms with E-state index in [0.717, 1.165) is 13.0 Å². The fraction of sp³-hybridized carbons (Fsp3) is 0.400. The highest BCUT2D eigenvalue weighted by molar-refractivity contribution is 5.76. The molecule has 0 spiro atoms. The summed E-state index contributed by atoms with van der Waals surface area (Å²) in [5.41, 5.74) is 3.01. The summed E-state index contributed by atoms with van der Waals surface area (Å²) in [5, 5.41) is 17.1. The minimum Gasteiger partial charge on any atom is -0.387 e. The van der Waals surface area contributed by atoms with Crippen molar-refractivity contribution in [3.63, 3.8) is 0 Å². The molecule has 1 N–H and O–H groups in total. The second kappa shape index (κ2) is 5.65. The predicted molar refractivity (Wildman–Crippen MR) is 76.2 cm³/mol. The van der Waals surface area contributed by atoms with E-state index in [4.69, 9.17) is 0 Å². The van der Waals surface area contributed by atoms with Crippen LogP contribution in [0.4, 0.5) is 0 Å². The van der Waals surface area contributed by atoms with Crippen molar-refractivity contribution in [2.75, 3.05) is 6.54 Å². The quantitative estimate of drug-likeness (QED) is 0.910. The number of fused-ring (bicyclic) bond motifs is 1. The van der Waals surface area contributed by atoms with E-state index in [0.29, 0.717) is 12.2 Å². The topological polar surface area (TPSA) is 71.2 Å². The van der Waals surface area contributed by atoms with Gasteiger partial charge in [-0.25, -0.2) is 4.68 Å². The number of carbonyl (C=O) groups is 1. The maximum absolute atomic E-state index is 12.3. The van der Waals surface area contributed by atoms with Crippen LogP contribution in [0.5, 0.6) is 0 Å². The number of carbonyl (C=O) groups excluding carboxylic acids is 1. The fourth-order valence-corrected chi connectivity index (χ4v) is 2.53. The van der Waals surface area contributed by atoms with Gasteiger partial charge in [0.1, 0.15) is 12.2 Å². The van der Waals surface area contributed by atoms with Gasteiger partial charge in [-0.2, -0.15) is 0 Å². The molecule has 0 saturated carbocycles. The Balaban J connectivity index is 1.66. The summed E-state index contributed by atoms with van der Waals surface area (Å²) in [6.07, 6.45) is 1.83. The number of rotatable bonds is 3. The molecular formula is C15H18N4O2. The molecule has 1 atom stereocenters. The first-order valence-electron chi connectivity index (χ1n) is 7.06. The van der Waals surface area contributed by atoms with E-state index >= 15 is 0 Å². The molecule has 1 unspecified atom stereocenters. The van der Waals surface area contributed by atoms with Gasteiger partial charge >= 0.3 is 0 Å². The van der Waals surface area contributed by atoms with Gasteiger partial charge in [-0.3, -0.25) is 4.79 Å².